The molecule has 1 aliphatic carbocycles. The second kappa shape index (κ2) is 26.5. The van der Waals surface area contributed by atoms with Gasteiger partial charge in [-0.3, -0.25) is 24.2 Å². The van der Waals surface area contributed by atoms with Crippen molar-refractivity contribution in [1.82, 2.24) is 14.8 Å². The van der Waals surface area contributed by atoms with Crippen LogP contribution in [0.25, 0.3) is 11.3 Å². The van der Waals surface area contributed by atoms with Gasteiger partial charge in [0.1, 0.15) is 5.60 Å². The fourth-order valence-electron chi connectivity index (χ4n) is 7.66. The maximum absolute atomic E-state index is 13.6. The van der Waals surface area contributed by atoms with E-state index in [1.807, 2.05) is 46.0 Å². The van der Waals surface area contributed by atoms with Crippen LogP contribution in [-0.2, 0) is 36.6 Å². The predicted octanol–water partition coefficient (Wildman–Crippen LogP) is 7.44. The van der Waals surface area contributed by atoms with Gasteiger partial charge in [-0.05, 0) is 132 Å². The Balaban J connectivity index is 0.000000711. The van der Waals surface area contributed by atoms with Gasteiger partial charge in [-0.15, -0.1) is 0 Å². The summed E-state index contributed by atoms with van der Waals surface area (Å²) < 4.78 is 21.9. The highest BCUT2D eigenvalue weighted by Gasteiger charge is 2.20. The number of piperidine rings is 1. The number of carbonyl (C=O) groups excluding carboxylic acids is 4. The van der Waals surface area contributed by atoms with Gasteiger partial charge in [0.25, 0.3) is 11.8 Å². The number of esters is 1. The molecule has 1 aliphatic heterocycles. The molecule has 3 amide bonds. The Morgan fingerprint density at radius 1 is 0.697 bits per heavy atom. The molecule has 66 heavy (non-hydrogen) atoms. The van der Waals surface area contributed by atoms with Crippen LogP contribution in [0.15, 0.2) is 85.1 Å². The number of aryl methyl sites for hydroxylation is 2. The number of likely N-dealkylation sites (N-methyl/N-ethyl adjacent to an activating group) is 2. The van der Waals surface area contributed by atoms with E-state index in [1.54, 1.807) is 59.5 Å². The van der Waals surface area contributed by atoms with Gasteiger partial charge in [0.05, 0.1) is 57.4 Å². The zero-order valence-electron chi connectivity index (χ0n) is 39.7. The Kier molecular flexibility index (Phi) is 20.6. The Hall–Kier alpha value is -5.67. The van der Waals surface area contributed by atoms with E-state index < -0.39 is 11.5 Å². The molecule has 0 radical (unpaired) electrons. The molecule has 14 heteroatoms. The number of nitrogens with one attached hydrogen (secondary N) is 1. The number of hydrogen-bond acceptors (Lipinski definition) is 11. The topological polar surface area (TPSA) is 166 Å². The third-order valence-corrected chi connectivity index (χ3v) is 11.3. The van der Waals surface area contributed by atoms with Gasteiger partial charge in [0.2, 0.25) is 5.91 Å². The lowest BCUT2D eigenvalue weighted by molar-refractivity contribution is -0.156. The summed E-state index contributed by atoms with van der Waals surface area (Å²) >= 11 is 0. The number of primary amides is 1. The number of aromatic nitrogens is 1. The van der Waals surface area contributed by atoms with Gasteiger partial charge < -0.3 is 44.7 Å². The number of fused-ring (bicyclic) bond motifs is 1. The average Bonchev–Trinajstić information content (AvgIpc) is 3.32. The lowest BCUT2D eigenvalue weighted by Gasteiger charge is -2.29. The summed E-state index contributed by atoms with van der Waals surface area (Å²) in [4.78, 5) is 61.2. The molecule has 14 nitrogen and oxygen atoms in total. The summed E-state index contributed by atoms with van der Waals surface area (Å²) in [5, 5.41) is 3.01. The zero-order chi connectivity index (χ0) is 47.3. The summed E-state index contributed by atoms with van der Waals surface area (Å²) in [5.41, 5.74) is 12.0. The maximum Gasteiger partial charge on any atom is 0.308 e. The summed E-state index contributed by atoms with van der Waals surface area (Å²) in [5.74, 6) is -1.43. The molecule has 356 valence electrons. The van der Waals surface area contributed by atoms with Gasteiger partial charge in [-0.25, -0.2) is 0 Å². The molecule has 2 heterocycles. The van der Waals surface area contributed by atoms with Crippen LogP contribution in [0.1, 0.15) is 101 Å². The number of benzene rings is 3. The highest BCUT2D eigenvalue weighted by molar-refractivity contribution is 6.08. The Bertz CT molecular complexity index is 2160. The Morgan fingerprint density at radius 3 is 2.02 bits per heavy atom. The fraction of sp³-hybridized carbons (Fsp3) is 0.481. The molecule has 6 rings (SSSR count). The van der Waals surface area contributed by atoms with Gasteiger partial charge in [-0.2, -0.15) is 0 Å². The maximum atomic E-state index is 13.6. The SMILES string of the molecule is CN(CCOCCOCCOCCC(=O)OC(C)(C)C)CCN(C)C(=O)c1cccc(C(=O)Nc2ccc(N3CCCCC3)cc2-c2cc(C(N)=O)ccn2)c1.c1ccc2c(c1)CCCC2. The normalized spacial score (nSPS) is 13.6. The minimum Gasteiger partial charge on any atom is -0.460 e. The number of hydrogen-bond donors (Lipinski definition) is 2. The largest absolute Gasteiger partial charge is 0.460 e. The van der Waals surface area contributed by atoms with E-state index in [2.05, 4.69) is 44.4 Å². The van der Waals surface area contributed by atoms with Crippen molar-refractivity contribution in [2.45, 2.75) is 77.7 Å². The number of ether oxygens (including phenoxy) is 4. The number of pyridine rings is 1. The first-order valence-electron chi connectivity index (χ1n) is 23.3. The first kappa shape index (κ1) is 51.3. The van der Waals surface area contributed by atoms with Crippen LogP contribution >= 0.6 is 0 Å². The number of nitrogens with two attached hydrogens (primary N) is 1. The van der Waals surface area contributed by atoms with Crippen LogP contribution < -0.4 is 16.0 Å². The van der Waals surface area contributed by atoms with Crippen LogP contribution in [0, 0.1) is 0 Å². The van der Waals surface area contributed by atoms with E-state index in [4.69, 9.17) is 24.7 Å². The van der Waals surface area contributed by atoms with Crippen molar-refractivity contribution in [2.24, 2.45) is 5.73 Å². The van der Waals surface area contributed by atoms with Crippen molar-refractivity contribution in [3.05, 3.63) is 113 Å². The fourth-order valence-corrected chi connectivity index (χ4v) is 7.66. The summed E-state index contributed by atoms with van der Waals surface area (Å²) in [7, 11) is 3.70. The smallest absolute Gasteiger partial charge is 0.308 e. The molecule has 1 saturated heterocycles. The molecule has 2 aliphatic rings. The quantitative estimate of drug-likeness (QED) is 0.0631. The van der Waals surface area contributed by atoms with Crippen LogP contribution in [0.3, 0.4) is 0 Å². The number of amides is 3. The van der Waals surface area contributed by atoms with E-state index in [0.717, 1.165) is 31.6 Å². The molecule has 0 bridgehead atoms. The Labute approximate surface area is 391 Å². The van der Waals surface area contributed by atoms with Crippen LogP contribution in [0.4, 0.5) is 11.4 Å². The number of rotatable bonds is 21. The van der Waals surface area contributed by atoms with Crippen molar-refractivity contribution >= 4 is 35.1 Å². The summed E-state index contributed by atoms with van der Waals surface area (Å²) in [6.45, 7) is 11.6. The second-order valence-corrected chi connectivity index (χ2v) is 17.8. The number of anilines is 2. The van der Waals surface area contributed by atoms with Crippen LogP contribution in [-0.4, -0.2) is 131 Å². The third kappa shape index (κ3) is 17.3. The van der Waals surface area contributed by atoms with E-state index in [9.17, 15) is 19.2 Å². The standard InChI is InChI=1S/C42H58N6O8.C10H12/c1-42(2,3)56-38(49)15-22-53-24-26-55-27-25-54-23-21-46(4)19-20-47(5)41(52)33-11-9-10-32(28-33)40(51)45-36-13-12-34(48-17-7-6-8-18-48)30-35(36)37-29-31(39(43)50)14-16-44-37;1-2-6-10-8-4-3-7-9(10)5-1/h9-14,16,28-30H,6-8,15,17-27H2,1-5H3,(H2,43,50)(H,45,51);1-2,5-6H,3-4,7-8H2. The summed E-state index contributed by atoms with van der Waals surface area (Å²) in [6.07, 6.45) is 10.5. The molecule has 0 spiro atoms. The van der Waals surface area contributed by atoms with Crippen molar-refractivity contribution in [1.29, 1.82) is 0 Å². The predicted molar refractivity (Wildman–Crippen MR) is 259 cm³/mol. The molecule has 0 unspecified atom stereocenters. The first-order valence-corrected chi connectivity index (χ1v) is 23.3. The molecule has 3 N–H and O–H groups in total. The minimum atomic E-state index is -0.565. The average molecular weight is 907 g/mol. The Morgan fingerprint density at radius 2 is 1.35 bits per heavy atom. The van der Waals surface area contributed by atoms with Crippen molar-refractivity contribution < 1.29 is 38.1 Å². The van der Waals surface area contributed by atoms with Gasteiger partial charge in [-0.1, -0.05) is 30.3 Å². The molecule has 1 aromatic heterocycles. The highest BCUT2D eigenvalue weighted by Crippen LogP contribution is 2.33. The van der Waals surface area contributed by atoms with Crippen molar-refractivity contribution in [3.8, 4) is 11.3 Å². The van der Waals surface area contributed by atoms with Crippen LogP contribution in [0.2, 0.25) is 0 Å². The zero-order valence-corrected chi connectivity index (χ0v) is 39.7. The van der Waals surface area contributed by atoms with Gasteiger partial charge >= 0.3 is 5.97 Å². The molecular formula is C52H70N6O8. The first-order chi connectivity index (χ1) is 31.8. The number of nitrogens with zero attached hydrogens (tertiary/aromatic N) is 4. The molecule has 0 atom stereocenters. The monoisotopic (exact) mass is 907 g/mol. The van der Waals surface area contributed by atoms with E-state index in [-0.39, 0.29) is 30.8 Å². The lowest BCUT2D eigenvalue weighted by atomic mass is 9.92. The minimum absolute atomic E-state index is 0.200. The van der Waals surface area contributed by atoms with E-state index >= 15 is 0 Å². The molecule has 4 aromatic rings. The van der Waals surface area contributed by atoms with Gasteiger partial charge in [0, 0.05) is 73.9 Å². The molecular weight excluding hydrogens is 837 g/mol. The summed E-state index contributed by atoms with van der Waals surface area (Å²) in [6, 6.07) is 24.5. The number of carbonyl (C=O) groups is 4. The van der Waals surface area contributed by atoms with E-state index in [1.165, 1.54) is 38.3 Å². The molecule has 0 saturated carbocycles. The van der Waals surface area contributed by atoms with Crippen molar-refractivity contribution in [3.63, 3.8) is 0 Å². The van der Waals surface area contributed by atoms with Gasteiger partial charge in [0.15, 0.2) is 0 Å². The van der Waals surface area contributed by atoms with E-state index in [0.29, 0.717) is 86.3 Å². The van der Waals surface area contributed by atoms with Crippen LogP contribution in [0.5, 0.6) is 0 Å². The molecule has 3 aromatic carbocycles. The van der Waals surface area contributed by atoms with Crippen molar-refractivity contribution in [2.75, 3.05) is 96.7 Å². The third-order valence-electron chi connectivity index (χ3n) is 11.3. The highest BCUT2D eigenvalue weighted by atomic mass is 16.6. The molecule has 1 fully saturated rings. The lowest BCUT2D eigenvalue weighted by Crippen LogP contribution is -2.36. The second-order valence-electron chi connectivity index (χ2n) is 17.8.